The molecule has 1 aliphatic rings. The van der Waals surface area contributed by atoms with E-state index in [0.717, 1.165) is 12.1 Å². The van der Waals surface area contributed by atoms with Gasteiger partial charge in [0.2, 0.25) is 0 Å². The SMILES string of the molecule is C[C@H]1Oc2cc(NC(=O)NC(C)(C)C)ccc2N(Cc2cccc(C(F)(F)F)c2)C1=O. The molecule has 0 bridgehead atoms. The molecule has 0 saturated heterocycles. The number of hydrogen-bond acceptors (Lipinski definition) is 3. The first kappa shape index (κ1) is 22.5. The van der Waals surface area contributed by atoms with Crippen molar-refractivity contribution in [3.05, 3.63) is 53.6 Å². The largest absolute Gasteiger partial charge is 0.479 e. The molecular formula is C22H24F3N3O3. The third kappa shape index (κ3) is 5.48. The lowest BCUT2D eigenvalue weighted by Crippen LogP contribution is -2.44. The van der Waals surface area contributed by atoms with Crippen LogP contribution in [0.1, 0.15) is 38.8 Å². The van der Waals surface area contributed by atoms with E-state index in [0.29, 0.717) is 22.7 Å². The average molecular weight is 435 g/mol. The van der Waals surface area contributed by atoms with Crippen LogP contribution in [-0.2, 0) is 17.5 Å². The number of urea groups is 1. The Balaban J connectivity index is 1.86. The fraction of sp³-hybridized carbons (Fsp3) is 0.364. The van der Waals surface area contributed by atoms with Crippen molar-refractivity contribution in [3.8, 4) is 5.75 Å². The number of carbonyl (C=O) groups is 2. The van der Waals surface area contributed by atoms with Gasteiger partial charge in [-0.1, -0.05) is 12.1 Å². The molecule has 0 radical (unpaired) electrons. The van der Waals surface area contributed by atoms with Crippen molar-refractivity contribution in [2.24, 2.45) is 0 Å². The highest BCUT2D eigenvalue weighted by Gasteiger charge is 2.33. The van der Waals surface area contributed by atoms with Crippen LogP contribution < -0.4 is 20.3 Å². The second-order valence-corrected chi connectivity index (χ2v) is 8.39. The predicted octanol–water partition coefficient (Wildman–Crippen LogP) is 4.94. The third-order valence-corrected chi connectivity index (χ3v) is 4.51. The van der Waals surface area contributed by atoms with Gasteiger partial charge in [-0.2, -0.15) is 13.2 Å². The number of nitrogens with one attached hydrogen (secondary N) is 2. The molecule has 2 N–H and O–H groups in total. The molecule has 31 heavy (non-hydrogen) atoms. The smallest absolute Gasteiger partial charge is 0.416 e. The minimum absolute atomic E-state index is 0.0409. The predicted molar refractivity (Wildman–Crippen MR) is 111 cm³/mol. The van der Waals surface area contributed by atoms with Crippen molar-refractivity contribution in [2.75, 3.05) is 10.2 Å². The monoisotopic (exact) mass is 435 g/mol. The lowest BCUT2D eigenvalue weighted by atomic mass is 10.1. The summed E-state index contributed by atoms with van der Waals surface area (Å²) in [4.78, 5) is 26.2. The number of benzene rings is 2. The number of rotatable bonds is 3. The lowest BCUT2D eigenvalue weighted by molar-refractivity contribution is -0.137. The topological polar surface area (TPSA) is 70.7 Å². The average Bonchev–Trinajstić information content (AvgIpc) is 2.63. The zero-order valence-corrected chi connectivity index (χ0v) is 17.6. The molecule has 1 atom stereocenters. The van der Waals surface area contributed by atoms with Crippen LogP contribution >= 0.6 is 0 Å². The zero-order valence-electron chi connectivity index (χ0n) is 17.6. The van der Waals surface area contributed by atoms with Crippen LogP contribution in [0.2, 0.25) is 0 Å². The van der Waals surface area contributed by atoms with Crippen LogP contribution in [0, 0.1) is 0 Å². The maximum absolute atomic E-state index is 13.0. The van der Waals surface area contributed by atoms with Gasteiger partial charge in [0.15, 0.2) is 6.10 Å². The maximum Gasteiger partial charge on any atom is 0.416 e. The minimum atomic E-state index is -4.47. The van der Waals surface area contributed by atoms with Crippen LogP contribution in [0.15, 0.2) is 42.5 Å². The molecule has 0 unspecified atom stereocenters. The molecule has 3 amide bonds. The van der Waals surface area contributed by atoms with Gasteiger partial charge in [0, 0.05) is 17.3 Å². The summed E-state index contributed by atoms with van der Waals surface area (Å²) in [7, 11) is 0. The summed E-state index contributed by atoms with van der Waals surface area (Å²) in [6, 6.07) is 9.25. The summed E-state index contributed by atoms with van der Waals surface area (Å²) in [5, 5.41) is 5.48. The first-order valence-corrected chi connectivity index (χ1v) is 9.71. The van der Waals surface area contributed by atoms with Crippen LogP contribution in [0.4, 0.5) is 29.3 Å². The Morgan fingerprint density at radius 2 is 1.84 bits per heavy atom. The van der Waals surface area contributed by atoms with Crippen LogP contribution in [0.3, 0.4) is 0 Å². The third-order valence-electron chi connectivity index (χ3n) is 4.51. The van der Waals surface area contributed by atoms with Gasteiger partial charge in [-0.15, -0.1) is 0 Å². The van der Waals surface area contributed by atoms with E-state index in [1.807, 2.05) is 20.8 Å². The number of amides is 3. The Labute approximate surface area is 178 Å². The first-order valence-electron chi connectivity index (χ1n) is 9.71. The molecule has 1 aliphatic heterocycles. The molecule has 0 fully saturated rings. The van der Waals surface area contributed by atoms with E-state index >= 15 is 0 Å². The number of alkyl halides is 3. The molecule has 166 valence electrons. The fourth-order valence-electron chi connectivity index (χ4n) is 3.18. The Kier molecular flexibility index (Phi) is 5.89. The van der Waals surface area contributed by atoms with Crippen molar-refractivity contribution in [2.45, 2.75) is 52.1 Å². The van der Waals surface area contributed by atoms with Gasteiger partial charge in [-0.25, -0.2) is 4.79 Å². The van der Waals surface area contributed by atoms with E-state index in [-0.39, 0.29) is 12.5 Å². The Morgan fingerprint density at radius 3 is 2.48 bits per heavy atom. The molecule has 2 aromatic rings. The van der Waals surface area contributed by atoms with E-state index in [4.69, 9.17) is 4.74 Å². The van der Waals surface area contributed by atoms with Gasteiger partial charge in [-0.3, -0.25) is 4.79 Å². The van der Waals surface area contributed by atoms with E-state index in [9.17, 15) is 22.8 Å². The summed E-state index contributed by atoms with van der Waals surface area (Å²) >= 11 is 0. The van der Waals surface area contributed by atoms with Gasteiger partial charge >= 0.3 is 12.2 Å². The molecule has 0 aromatic heterocycles. The van der Waals surface area contributed by atoms with Crippen molar-refractivity contribution in [1.29, 1.82) is 0 Å². The van der Waals surface area contributed by atoms with E-state index < -0.39 is 29.4 Å². The number of anilines is 2. The van der Waals surface area contributed by atoms with Gasteiger partial charge in [0.1, 0.15) is 5.75 Å². The van der Waals surface area contributed by atoms with E-state index in [1.54, 1.807) is 25.1 Å². The fourth-order valence-corrected chi connectivity index (χ4v) is 3.18. The maximum atomic E-state index is 13.0. The highest BCUT2D eigenvalue weighted by atomic mass is 19.4. The standard InChI is InChI=1S/C22H24F3N3O3/c1-13-19(29)28(12-14-6-5-7-15(10-14)22(23,24)25)17-9-8-16(11-18(17)31-13)26-20(30)27-21(2,3)4/h5-11,13H,12H2,1-4H3,(H2,26,27,30)/t13-/m1/s1. The number of ether oxygens (including phenoxy) is 1. The molecule has 6 nitrogen and oxygen atoms in total. The second kappa shape index (κ2) is 8.13. The Bertz CT molecular complexity index is 999. The number of hydrogen-bond donors (Lipinski definition) is 2. The molecule has 0 spiro atoms. The normalized spacial score (nSPS) is 16.4. The quantitative estimate of drug-likeness (QED) is 0.718. The molecule has 0 aliphatic carbocycles. The first-order chi connectivity index (χ1) is 14.3. The summed E-state index contributed by atoms with van der Waals surface area (Å²) in [6.45, 7) is 7.07. The number of halogens is 3. The molecule has 2 aromatic carbocycles. The molecule has 9 heteroatoms. The van der Waals surface area contributed by atoms with Crippen LogP contribution in [0.25, 0.3) is 0 Å². The molecular weight excluding hydrogens is 411 g/mol. The van der Waals surface area contributed by atoms with Crippen LogP contribution in [-0.4, -0.2) is 23.6 Å². The summed E-state index contributed by atoms with van der Waals surface area (Å²) in [6.07, 6.45) is -5.29. The molecule has 3 rings (SSSR count). The summed E-state index contributed by atoms with van der Waals surface area (Å²) in [5.74, 6) is -0.0104. The summed E-state index contributed by atoms with van der Waals surface area (Å²) < 4.78 is 44.8. The van der Waals surface area contributed by atoms with Crippen molar-refractivity contribution >= 4 is 23.3 Å². The van der Waals surface area contributed by atoms with E-state index in [2.05, 4.69) is 10.6 Å². The number of carbonyl (C=O) groups excluding carboxylic acids is 2. The Morgan fingerprint density at radius 1 is 1.13 bits per heavy atom. The summed E-state index contributed by atoms with van der Waals surface area (Å²) in [5.41, 5.74) is 0.0269. The number of nitrogens with zero attached hydrogens (tertiary/aromatic N) is 1. The Hall–Kier alpha value is -3.23. The van der Waals surface area contributed by atoms with Gasteiger partial charge in [0.05, 0.1) is 17.8 Å². The van der Waals surface area contributed by atoms with Gasteiger partial charge < -0.3 is 20.3 Å². The minimum Gasteiger partial charge on any atom is -0.479 e. The second-order valence-electron chi connectivity index (χ2n) is 8.39. The van der Waals surface area contributed by atoms with Gasteiger partial charge in [0.25, 0.3) is 5.91 Å². The van der Waals surface area contributed by atoms with E-state index in [1.165, 1.54) is 17.0 Å². The highest BCUT2D eigenvalue weighted by Crippen LogP contribution is 2.38. The van der Waals surface area contributed by atoms with Gasteiger partial charge in [-0.05, 0) is 57.5 Å². The lowest BCUT2D eigenvalue weighted by Gasteiger charge is -2.33. The number of fused-ring (bicyclic) bond motifs is 1. The molecule has 1 heterocycles. The van der Waals surface area contributed by atoms with Crippen molar-refractivity contribution in [1.82, 2.24) is 5.32 Å². The van der Waals surface area contributed by atoms with Crippen LogP contribution in [0.5, 0.6) is 5.75 Å². The zero-order chi connectivity index (χ0) is 23.0. The molecule has 0 saturated carbocycles. The highest BCUT2D eigenvalue weighted by molar-refractivity contribution is 6.00. The van der Waals surface area contributed by atoms with Crippen molar-refractivity contribution in [3.63, 3.8) is 0 Å². The van der Waals surface area contributed by atoms with Crippen molar-refractivity contribution < 1.29 is 27.5 Å².